The highest BCUT2D eigenvalue weighted by Crippen LogP contribution is 2.30. The Kier molecular flexibility index (Phi) is 6.35. The molecule has 0 aliphatic heterocycles. The predicted octanol–water partition coefficient (Wildman–Crippen LogP) is 3.55. The number of carbonyl (C=O) groups is 2. The Morgan fingerprint density at radius 1 is 1.23 bits per heavy atom. The number of thioether (sulfide) groups is 1. The van der Waals surface area contributed by atoms with E-state index in [2.05, 4.69) is 5.32 Å². The molecule has 0 heterocycles. The maximum atomic E-state index is 12.2. The van der Waals surface area contributed by atoms with E-state index < -0.39 is 10.8 Å². The van der Waals surface area contributed by atoms with Gasteiger partial charge in [0.05, 0.1) is 15.6 Å². The SMILES string of the molecule is CC(C)c1ccccc1NC(=O)CSc1ccc(C(N)=O)cc1[N+](=O)[O-]. The summed E-state index contributed by atoms with van der Waals surface area (Å²) in [5.74, 6) is -0.755. The quantitative estimate of drug-likeness (QED) is 0.437. The molecule has 2 rings (SSSR count). The summed E-state index contributed by atoms with van der Waals surface area (Å²) >= 11 is 1.03. The number of hydrogen-bond donors (Lipinski definition) is 2. The highest BCUT2D eigenvalue weighted by Gasteiger charge is 2.18. The first-order valence-electron chi connectivity index (χ1n) is 7.89. The molecule has 26 heavy (non-hydrogen) atoms. The van der Waals surface area contributed by atoms with Crippen molar-refractivity contribution < 1.29 is 14.5 Å². The minimum atomic E-state index is -0.743. The Morgan fingerprint density at radius 3 is 2.54 bits per heavy atom. The molecule has 0 radical (unpaired) electrons. The van der Waals surface area contributed by atoms with E-state index in [-0.39, 0.29) is 28.8 Å². The van der Waals surface area contributed by atoms with Gasteiger partial charge in [-0.2, -0.15) is 0 Å². The molecule has 0 bridgehead atoms. The minimum absolute atomic E-state index is 0.00316. The van der Waals surface area contributed by atoms with Gasteiger partial charge in [-0.1, -0.05) is 32.0 Å². The molecule has 3 N–H and O–H groups in total. The van der Waals surface area contributed by atoms with Crippen LogP contribution in [0.5, 0.6) is 0 Å². The van der Waals surface area contributed by atoms with Gasteiger partial charge in [-0.25, -0.2) is 0 Å². The number of rotatable bonds is 7. The van der Waals surface area contributed by atoms with Crippen molar-refractivity contribution in [3.05, 3.63) is 63.7 Å². The molecule has 0 atom stereocenters. The van der Waals surface area contributed by atoms with Gasteiger partial charge < -0.3 is 11.1 Å². The fourth-order valence-electron chi connectivity index (χ4n) is 2.38. The van der Waals surface area contributed by atoms with Crippen LogP contribution in [0.1, 0.15) is 35.7 Å². The molecule has 7 nitrogen and oxygen atoms in total. The molecule has 2 amide bonds. The third-order valence-corrected chi connectivity index (χ3v) is 4.72. The lowest BCUT2D eigenvalue weighted by Gasteiger charge is -2.13. The Balaban J connectivity index is 2.10. The molecule has 136 valence electrons. The molecule has 0 aliphatic rings. The lowest BCUT2D eigenvalue weighted by Crippen LogP contribution is -2.16. The van der Waals surface area contributed by atoms with Crippen molar-refractivity contribution in [2.24, 2.45) is 5.73 Å². The number of hydrogen-bond acceptors (Lipinski definition) is 5. The number of anilines is 1. The first-order chi connectivity index (χ1) is 12.3. The van der Waals surface area contributed by atoms with Crippen molar-refractivity contribution in [1.29, 1.82) is 0 Å². The van der Waals surface area contributed by atoms with Gasteiger partial charge in [0.2, 0.25) is 11.8 Å². The molecule has 2 aromatic rings. The number of nitrogens with two attached hydrogens (primary N) is 1. The topological polar surface area (TPSA) is 115 Å². The van der Waals surface area contributed by atoms with Crippen molar-refractivity contribution >= 4 is 35.0 Å². The van der Waals surface area contributed by atoms with Crippen LogP contribution in [0, 0.1) is 10.1 Å². The van der Waals surface area contributed by atoms with Crippen LogP contribution in [0.25, 0.3) is 0 Å². The number of nitrogens with one attached hydrogen (secondary N) is 1. The van der Waals surface area contributed by atoms with Crippen molar-refractivity contribution in [2.75, 3.05) is 11.1 Å². The number of nitro groups is 1. The summed E-state index contributed by atoms with van der Waals surface area (Å²) in [6, 6.07) is 11.5. The van der Waals surface area contributed by atoms with E-state index in [0.29, 0.717) is 4.90 Å². The molecule has 0 aliphatic carbocycles. The van der Waals surface area contributed by atoms with E-state index in [1.165, 1.54) is 12.1 Å². The summed E-state index contributed by atoms with van der Waals surface area (Å²) in [5.41, 5.74) is 6.70. The third-order valence-electron chi connectivity index (χ3n) is 3.66. The highest BCUT2D eigenvalue weighted by molar-refractivity contribution is 8.00. The molecule has 0 fully saturated rings. The summed E-state index contributed by atoms with van der Waals surface area (Å²) in [6.07, 6.45) is 0. The van der Waals surface area contributed by atoms with Gasteiger partial charge in [0, 0.05) is 17.3 Å². The zero-order valence-corrected chi connectivity index (χ0v) is 15.2. The second-order valence-electron chi connectivity index (χ2n) is 5.88. The van der Waals surface area contributed by atoms with E-state index >= 15 is 0 Å². The number of para-hydroxylation sites is 1. The van der Waals surface area contributed by atoms with Crippen LogP contribution in [-0.4, -0.2) is 22.5 Å². The maximum absolute atomic E-state index is 12.2. The van der Waals surface area contributed by atoms with Gasteiger partial charge in [0.1, 0.15) is 0 Å². The van der Waals surface area contributed by atoms with E-state index in [9.17, 15) is 19.7 Å². The molecule has 0 saturated carbocycles. The van der Waals surface area contributed by atoms with Crippen LogP contribution in [0.15, 0.2) is 47.4 Å². The van der Waals surface area contributed by atoms with Crippen molar-refractivity contribution in [1.82, 2.24) is 0 Å². The summed E-state index contributed by atoms with van der Waals surface area (Å²) in [4.78, 5) is 34.3. The monoisotopic (exact) mass is 373 g/mol. The molecule has 2 aromatic carbocycles. The van der Waals surface area contributed by atoms with Crippen molar-refractivity contribution in [3.63, 3.8) is 0 Å². The maximum Gasteiger partial charge on any atom is 0.283 e. The Labute approximate surface area is 155 Å². The summed E-state index contributed by atoms with van der Waals surface area (Å²) in [7, 11) is 0. The molecule has 8 heteroatoms. The van der Waals surface area contributed by atoms with Gasteiger partial charge in [0.25, 0.3) is 5.69 Å². The van der Waals surface area contributed by atoms with Crippen molar-refractivity contribution in [2.45, 2.75) is 24.7 Å². The van der Waals surface area contributed by atoms with Gasteiger partial charge in [0.15, 0.2) is 0 Å². The number of amides is 2. The normalized spacial score (nSPS) is 10.6. The van der Waals surface area contributed by atoms with Crippen molar-refractivity contribution in [3.8, 4) is 0 Å². The third kappa shape index (κ3) is 4.82. The van der Waals surface area contributed by atoms with E-state index in [0.717, 1.165) is 29.1 Å². The smallest absolute Gasteiger partial charge is 0.283 e. The standard InChI is InChI=1S/C18H19N3O4S/c1-11(2)13-5-3-4-6-14(13)20-17(22)10-26-16-8-7-12(18(19)23)9-15(16)21(24)25/h3-9,11H,10H2,1-2H3,(H2,19,23)(H,20,22). The summed E-state index contributed by atoms with van der Waals surface area (Å²) in [5, 5.41) is 14.0. The van der Waals surface area contributed by atoms with Crippen LogP contribution in [-0.2, 0) is 4.79 Å². The lowest BCUT2D eigenvalue weighted by molar-refractivity contribution is -0.387. The largest absolute Gasteiger partial charge is 0.366 e. The second-order valence-corrected chi connectivity index (χ2v) is 6.90. The molecular weight excluding hydrogens is 354 g/mol. The minimum Gasteiger partial charge on any atom is -0.366 e. The fourth-order valence-corrected chi connectivity index (χ4v) is 3.18. The van der Waals surface area contributed by atoms with Crippen LogP contribution in [0.3, 0.4) is 0 Å². The van der Waals surface area contributed by atoms with E-state index in [4.69, 9.17) is 5.73 Å². The second kappa shape index (κ2) is 8.48. The summed E-state index contributed by atoms with van der Waals surface area (Å²) < 4.78 is 0. The molecular formula is C18H19N3O4S. The summed E-state index contributed by atoms with van der Waals surface area (Å²) in [6.45, 7) is 4.06. The van der Waals surface area contributed by atoms with Gasteiger partial charge >= 0.3 is 0 Å². The van der Waals surface area contributed by atoms with Gasteiger partial charge in [-0.3, -0.25) is 19.7 Å². The Hall–Kier alpha value is -2.87. The van der Waals surface area contributed by atoms with Crippen LogP contribution in [0.2, 0.25) is 0 Å². The number of nitro benzene ring substituents is 1. The molecule has 0 saturated heterocycles. The fraction of sp³-hybridized carbons (Fsp3) is 0.222. The molecule has 0 aromatic heterocycles. The highest BCUT2D eigenvalue weighted by atomic mass is 32.2. The first-order valence-corrected chi connectivity index (χ1v) is 8.88. The number of carbonyl (C=O) groups excluding carboxylic acids is 2. The van der Waals surface area contributed by atoms with Gasteiger partial charge in [-0.05, 0) is 29.7 Å². The zero-order valence-electron chi connectivity index (χ0n) is 14.4. The Morgan fingerprint density at radius 2 is 1.92 bits per heavy atom. The van der Waals surface area contributed by atoms with E-state index in [1.807, 2.05) is 38.1 Å². The lowest BCUT2D eigenvalue weighted by atomic mass is 10.0. The average Bonchev–Trinajstić information content (AvgIpc) is 2.59. The molecule has 0 spiro atoms. The van der Waals surface area contributed by atoms with Crippen LogP contribution in [0.4, 0.5) is 11.4 Å². The predicted molar refractivity (Wildman–Crippen MR) is 101 cm³/mol. The number of nitrogens with zero attached hydrogens (tertiary/aromatic N) is 1. The van der Waals surface area contributed by atoms with Gasteiger partial charge in [-0.15, -0.1) is 11.8 Å². The first kappa shape index (κ1) is 19.5. The van der Waals surface area contributed by atoms with Crippen LogP contribution >= 0.6 is 11.8 Å². The zero-order chi connectivity index (χ0) is 19.3. The Bertz CT molecular complexity index is 852. The van der Waals surface area contributed by atoms with E-state index in [1.54, 1.807) is 0 Å². The number of primary amides is 1. The number of benzene rings is 2. The molecule has 0 unspecified atom stereocenters. The average molecular weight is 373 g/mol. The van der Waals surface area contributed by atoms with Crippen LogP contribution < -0.4 is 11.1 Å².